The standard InChI is InChI=1S/C21H25N3O4/c1-5-11-24-14(2)12-18(16(24)4)19(25)13-28-20(26)15(3)22-21(27)23-17-9-7-6-8-10-17/h5-10,12,15H,1,11,13H2,2-4H3,(H2,22,23,27)/t15-/m0/s1. The van der Waals surface area contributed by atoms with Crippen LogP contribution in [0.15, 0.2) is 49.1 Å². The van der Waals surface area contributed by atoms with Crippen molar-refractivity contribution in [3.8, 4) is 0 Å². The van der Waals surface area contributed by atoms with Crippen LogP contribution in [-0.2, 0) is 16.1 Å². The summed E-state index contributed by atoms with van der Waals surface area (Å²) in [5.41, 5.74) is 2.84. The summed E-state index contributed by atoms with van der Waals surface area (Å²) in [6.07, 6.45) is 1.75. The van der Waals surface area contributed by atoms with Crippen molar-refractivity contribution in [3.05, 3.63) is 66.0 Å². The third-order valence-electron chi connectivity index (χ3n) is 4.26. The normalized spacial score (nSPS) is 11.4. The molecule has 2 rings (SSSR count). The number of rotatable bonds is 8. The van der Waals surface area contributed by atoms with E-state index in [1.54, 1.807) is 36.4 Å². The molecule has 0 aliphatic carbocycles. The van der Waals surface area contributed by atoms with Crippen LogP contribution in [0.4, 0.5) is 10.5 Å². The van der Waals surface area contributed by atoms with Gasteiger partial charge in [0.2, 0.25) is 5.78 Å². The van der Waals surface area contributed by atoms with Crippen LogP contribution in [0.3, 0.4) is 0 Å². The van der Waals surface area contributed by atoms with Crippen molar-refractivity contribution >= 4 is 23.5 Å². The summed E-state index contributed by atoms with van der Waals surface area (Å²) in [4.78, 5) is 36.4. The molecule has 0 saturated carbocycles. The third kappa shape index (κ3) is 5.33. The van der Waals surface area contributed by atoms with Gasteiger partial charge in [-0.15, -0.1) is 6.58 Å². The molecule has 0 radical (unpaired) electrons. The van der Waals surface area contributed by atoms with Crippen molar-refractivity contribution in [2.24, 2.45) is 0 Å². The number of benzene rings is 1. The highest BCUT2D eigenvalue weighted by molar-refractivity contribution is 5.99. The van der Waals surface area contributed by atoms with E-state index in [1.807, 2.05) is 24.5 Å². The van der Waals surface area contributed by atoms with E-state index in [9.17, 15) is 14.4 Å². The zero-order valence-electron chi connectivity index (χ0n) is 16.3. The van der Waals surface area contributed by atoms with Gasteiger partial charge in [0.05, 0.1) is 0 Å². The number of nitrogens with zero attached hydrogens (tertiary/aromatic N) is 1. The Morgan fingerprint density at radius 2 is 1.89 bits per heavy atom. The number of aryl methyl sites for hydroxylation is 1. The minimum atomic E-state index is -0.898. The number of anilines is 1. The lowest BCUT2D eigenvalue weighted by atomic mass is 10.1. The van der Waals surface area contributed by atoms with E-state index in [-0.39, 0.29) is 12.4 Å². The number of aromatic nitrogens is 1. The first-order chi connectivity index (χ1) is 13.3. The molecule has 2 N–H and O–H groups in total. The number of allylic oxidation sites excluding steroid dienone is 1. The number of carbonyl (C=O) groups is 3. The zero-order valence-corrected chi connectivity index (χ0v) is 16.3. The highest BCUT2D eigenvalue weighted by atomic mass is 16.5. The molecule has 1 aromatic heterocycles. The first-order valence-electron chi connectivity index (χ1n) is 8.93. The van der Waals surface area contributed by atoms with Gasteiger partial charge >= 0.3 is 12.0 Å². The molecular weight excluding hydrogens is 358 g/mol. The second-order valence-electron chi connectivity index (χ2n) is 6.40. The maximum absolute atomic E-state index is 12.4. The van der Waals surface area contributed by atoms with E-state index >= 15 is 0 Å². The lowest BCUT2D eigenvalue weighted by Gasteiger charge is -2.14. The largest absolute Gasteiger partial charge is 0.456 e. The van der Waals surface area contributed by atoms with E-state index in [0.717, 1.165) is 11.4 Å². The minimum absolute atomic E-state index is 0.294. The van der Waals surface area contributed by atoms with Crippen LogP contribution in [0.2, 0.25) is 0 Å². The lowest BCUT2D eigenvalue weighted by Crippen LogP contribution is -2.42. The van der Waals surface area contributed by atoms with Gasteiger partial charge in [0, 0.05) is 29.2 Å². The van der Waals surface area contributed by atoms with Crippen LogP contribution < -0.4 is 10.6 Å². The van der Waals surface area contributed by atoms with Gasteiger partial charge in [-0.1, -0.05) is 24.3 Å². The Morgan fingerprint density at radius 3 is 2.54 bits per heavy atom. The number of nitrogens with one attached hydrogen (secondary N) is 2. The molecule has 2 aromatic rings. The fourth-order valence-corrected chi connectivity index (χ4v) is 2.78. The van der Waals surface area contributed by atoms with Gasteiger partial charge < -0.3 is 19.9 Å². The van der Waals surface area contributed by atoms with Gasteiger partial charge in [0.1, 0.15) is 6.04 Å². The number of esters is 1. The predicted octanol–water partition coefficient (Wildman–Crippen LogP) is 3.23. The molecule has 7 heteroatoms. The molecular formula is C21H25N3O4. The van der Waals surface area contributed by atoms with E-state index in [1.165, 1.54) is 6.92 Å². The highest BCUT2D eigenvalue weighted by Crippen LogP contribution is 2.16. The van der Waals surface area contributed by atoms with Gasteiger partial charge in [-0.3, -0.25) is 4.79 Å². The summed E-state index contributed by atoms with van der Waals surface area (Å²) in [7, 11) is 0. The summed E-state index contributed by atoms with van der Waals surface area (Å²) < 4.78 is 7.03. The fraction of sp³-hybridized carbons (Fsp3) is 0.286. The van der Waals surface area contributed by atoms with Crippen LogP contribution in [0.25, 0.3) is 0 Å². The summed E-state index contributed by atoms with van der Waals surface area (Å²) in [5, 5.41) is 5.09. The molecule has 148 valence electrons. The molecule has 0 unspecified atom stereocenters. The fourth-order valence-electron chi connectivity index (χ4n) is 2.78. The van der Waals surface area contributed by atoms with Crippen LogP contribution >= 0.6 is 0 Å². The second-order valence-corrected chi connectivity index (χ2v) is 6.40. The number of carbonyl (C=O) groups excluding carboxylic acids is 3. The predicted molar refractivity (Wildman–Crippen MR) is 107 cm³/mol. The monoisotopic (exact) mass is 383 g/mol. The Balaban J connectivity index is 1.87. The number of amides is 2. The summed E-state index contributed by atoms with van der Waals surface area (Å²) >= 11 is 0. The summed E-state index contributed by atoms with van der Waals surface area (Å²) in [5.74, 6) is -0.978. The van der Waals surface area contributed by atoms with Gasteiger partial charge in [-0.25, -0.2) is 9.59 Å². The number of ketones is 1. The number of hydrogen-bond donors (Lipinski definition) is 2. The van der Waals surface area contributed by atoms with Gasteiger partial charge in [-0.2, -0.15) is 0 Å². The van der Waals surface area contributed by atoms with E-state index in [4.69, 9.17) is 4.74 Å². The smallest absolute Gasteiger partial charge is 0.328 e. The third-order valence-corrected chi connectivity index (χ3v) is 4.26. The topological polar surface area (TPSA) is 89.4 Å². The Labute approximate surface area is 164 Å². The molecule has 28 heavy (non-hydrogen) atoms. The molecule has 0 aliphatic heterocycles. The molecule has 7 nitrogen and oxygen atoms in total. The van der Waals surface area contributed by atoms with Gasteiger partial charge in [0.25, 0.3) is 0 Å². The lowest BCUT2D eigenvalue weighted by molar-refractivity contribution is -0.144. The quantitative estimate of drug-likeness (QED) is 0.416. The van der Waals surface area contributed by atoms with Gasteiger partial charge in [-0.05, 0) is 39.0 Å². The van der Waals surface area contributed by atoms with E-state index in [2.05, 4.69) is 17.2 Å². The van der Waals surface area contributed by atoms with Gasteiger partial charge in [0.15, 0.2) is 6.61 Å². The minimum Gasteiger partial charge on any atom is -0.456 e. The number of Topliss-reactive ketones (excluding diaryl/α,β-unsaturated/α-hetero) is 1. The highest BCUT2D eigenvalue weighted by Gasteiger charge is 2.21. The number of ether oxygens (including phenoxy) is 1. The van der Waals surface area contributed by atoms with Crippen molar-refractivity contribution in [2.75, 3.05) is 11.9 Å². The maximum atomic E-state index is 12.4. The average molecular weight is 383 g/mol. The Morgan fingerprint density at radius 1 is 1.21 bits per heavy atom. The molecule has 1 aromatic carbocycles. The summed E-state index contributed by atoms with van der Waals surface area (Å²) in [6.45, 7) is 9.15. The van der Waals surface area contributed by atoms with E-state index in [0.29, 0.717) is 17.8 Å². The van der Waals surface area contributed by atoms with E-state index < -0.39 is 18.0 Å². The Kier molecular flexibility index (Phi) is 7.14. The van der Waals surface area contributed by atoms with Crippen molar-refractivity contribution < 1.29 is 19.1 Å². The van der Waals surface area contributed by atoms with Crippen molar-refractivity contribution in [2.45, 2.75) is 33.4 Å². The SMILES string of the molecule is C=CCn1c(C)cc(C(=O)COC(=O)[C@H](C)NC(=O)Nc2ccccc2)c1C. The molecule has 1 heterocycles. The second kappa shape index (κ2) is 9.55. The van der Waals surface area contributed by atoms with Crippen molar-refractivity contribution in [3.63, 3.8) is 0 Å². The average Bonchev–Trinajstić information content (AvgIpc) is 2.95. The van der Waals surface area contributed by atoms with Crippen LogP contribution in [0, 0.1) is 13.8 Å². The summed E-state index contributed by atoms with van der Waals surface area (Å²) in [6, 6.07) is 9.18. The molecule has 2 amide bonds. The first-order valence-corrected chi connectivity index (χ1v) is 8.93. The molecule has 0 bridgehead atoms. The molecule has 0 fully saturated rings. The zero-order chi connectivity index (χ0) is 20.7. The molecule has 1 atom stereocenters. The Hall–Kier alpha value is -3.35. The van der Waals surface area contributed by atoms with Crippen molar-refractivity contribution in [1.29, 1.82) is 0 Å². The van der Waals surface area contributed by atoms with Crippen LogP contribution in [0.5, 0.6) is 0 Å². The molecule has 0 spiro atoms. The maximum Gasteiger partial charge on any atom is 0.328 e. The molecule has 0 saturated heterocycles. The van der Waals surface area contributed by atoms with Crippen LogP contribution in [0.1, 0.15) is 28.7 Å². The van der Waals surface area contributed by atoms with Crippen molar-refractivity contribution in [1.82, 2.24) is 9.88 Å². The number of urea groups is 1. The Bertz CT molecular complexity index is 871. The molecule has 0 aliphatic rings. The number of para-hydroxylation sites is 1. The first kappa shape index (κ1) is 21.0. The number of hydrogen-bond acceptors (Lipinski definition) is 4. The van der Waals surface area contributed by atoms with Crippen LogP contribution in [-0.4, -0.2) is 35.0 Å².